The van der Waals surface area contributed by atoms with E-state index in [1.165, 1.54) is 0 Å². The third-order valence-electron chi connectivity index (χ3n) is 2.80. The normalized spacial score (nSPS) is 11.0. The van der Waals surface area contributed by atoms with Crippen molar-refractivity contribution >= 4 is 11.8 Å². The van der Waals surface area contributed by atoms with Crippen molar-refractivity contribution in [3.05, 3.63) is 36.2 Å². The van der Waals surface area contributed by atoms with Crippen LogP contribution in [0.4, 0.5) is 0 Å². The average molecular weight is 288 g/mol. The van der Waals surface area contributed by atoms with Gasteiger partial charge in [0.1, 0.15) is 10.7 Å². The second kappa shape index (κ2) is 7.36. The standard InChI is InChI=1S/C15H20N4S/c1-4-12-11-14(20-10-9-19(2)3)18-15(17-12)13-7-5-6-8-16-13/h5-8,11H,4,9-10H2,1-3H3. The van der Waals surface area contributed by atoms with Crippen LogP contribution in [0.2, 0.25) is 0 Å². The Morgan fingerprint density at radius 3 is 2.70 bits per heavy atom. The van der Waals surface area contributed by atoms with Crippen molar-refractivity contribution in [2.24, 2.45) is 0 Å². The highest BCUT2D eigenvalue weighted by atomic mass is 32.2. The fourth-order valence-corrected chi connectivity index (χ4v) is 2.71. The summed E-state index contributed by atoms with van der Waals surface area (Å²) in [5, 5.41) is 1.03. The molecular weight excluding hydrogens is 268 g/mol. The van der Waals surface area contributed by atoms with E-state index >= 15 is 0 Å². The topological polar surface area (TPSA) is 41.9 Å². The van der Waals surface area contributed by atoms with Crippen LogP contribution in [0.5, 0.6) is 0 Å². The number of hydrogen-bond acceptors (Lipinski definition) is 5. The Bertz CT molecular complexity index is 543. The number of pyridine rings is 1. The molecule has 5 heteroatoms. The maximum absolute atomic E-state index is 4.62. The Hall–Kier alpha value is -1.46. The molecule has 0 radical (unpaired) electrons. The van der Waals surface area contributed by atoms with Crippen LogP contribution >= 0.6 is 11.8 Å². The van der Waals surface area contributed by atoms with E-state index in [4.69, 9.17) is 0 Å². The van der Waals surface area contributed by atoms with Crippen molar-refractivity contribution in [1.29, 1.82) is 0 Å². The smallest absolute Gasteiger partial charge is 0.179 e. The molecule has 0 amide bonds. The number of thioether (sulfide) groups is 1. The summed E-state index contributed by atoms with van der Waals surface area (Å²) in [6, 6.07) is 7.89. The zero-order valence-electron chi connectivity index (χ0n) is 12.2. The average Bonchev–Trinajstić information content (AvgIpc) is 2.47. The van der Waals surface area contributed by atoms with Gasteiger partial charge in [0.15, 0.2) is 5.82 Å². The molecule has 0 atom stereocenters. The molecule has 0 N–H and O–H groups in total. The molecular formula is C15H20N4S. The first-order valence-electron chi connectivity index (χ1n) is 6.76. The highest BCUT2D eigenvalue weighted by Gasteiger charge is 2.07. The first kappa shape index (κ1) is 14.9. The minimum atomic E-state index is 0.720. The molecule has 0 aliphatic carbocycles. The van der Waals surface area contributed by atoms with Crippen LogP contribution in [-0.4, -0.2) is 46.2 Å². The van der Waals surface area contributed by atoms with Gasteiger partial charge in [0.05, 0.1) is 0 Å². The number of aromatic nitrogens is 3. The summed E-state index contributed by atoms with van der Waals surface area (Å²) in [6.07, 6.45) is 2.68. The number of rotatable bonds is 6. The second-order valence-corrected chi connectivity index (χ2v) is 5.86. The molecule has 0 bridgehead atoms. The molecule has 0 aliphatic heterocycles. The van der Waals surface area contributed by atoms with Gasteiger partial charge in [-0.25, -0.2) is 9.97 Å². The molecule has 2 heterocycles. The van der Waals surface area contributed by atoms with E-state index in [1.807, 2.05) is 18.2 Å². The number of nitrogens with zero attached hydrogens (tertiary/aromatic N) is 4. The Balaban J connectivity index is 2.20. The Morgan fingerprint density at radius 2 is 2.05 bits per heavy atom. The first-order chi connectivity index (χ1) is 9.69. The molecule has 0 unspecified atom stereocenters. The van der Waals surface area contributed by atoms with Gasteiger partial charge in [-0.3, -0.25) is 4.98 Å². The van der Waals surface area contributed by atoms with E-state index in [0.29, 0.717) is 0 Å². The van der Waals surface area contributed by atoms with Crippen LogP contribution in [0.15, 0.2) is 35.5 Å². The predicted molar refractivity (Wildman–Crippen MR) is 83.9 cm³/mol. The van der Waals surface area contributed by atoms with Gasteiger partial charge in [-0.05, 0) is 38.7 Å². The van der Waals surface area contributed by atoms with Crippen LogP contribution < -0.4 is 0 Å². The summed E-state index contributed by atoms with van der Waals surface area (Å²) in [4.78, 5) is 15.7. The van der Waals surface area contributed by atoms with Gasteiger partial charge >= 0.3 is 0 Å². The zero-order chi connectivity index (χ0) is 14.4. The van der Waals surface area contributed by atoms with E-state index < -0.39 is 0 Å². The van der Waals surface area contributed by atoms with Gasteiger partial charge < -0.3 is 4.90 Å². The minimum absolute atomic E-state index is 0.720. The fraction of sp³-hybridized carbons (Fsp3) is 0.400. The summed E-state index contributed by atoms with van der Waals surface area (Å²) < 4.78 is 0. The van der Waals surface area contributed by atoms with Crippen molar-refractivity contribution in [1.82, 2.24) is 19.9 Å². The minimum Gasteiger partial charge on any atom is -0.309 e. The molecule has 2 aromatic heterocycles. The van der Waals surface area contributed by atoms with Crippen LogP contribution in [0.25, 0.3) is 11.5 Å². The van der Waals surface area contributed by atoms with Crippen molar-refractivity contribution in [3.8, 4) is 11.5 Å². The molecule has 4 nitrogen and oxygen atoms in total. The summed E-state index contributed by atoms with van der Waals surface area (Å²) in [6.45, 7) is 3.15. The summed E-state index contributed by atoms with van der Waals surface area (Å²) in [5.74, 6) is 1.74. The van der Waals surface area contributed by atoms with E-state index in [9.17, 15) is 0 Å². The molecule has 2 rings (SSSR count). The summed E-state index contributed by atoms with van der Waals surface area (Å²) >= 11 is 1.77. The lowest BCUT2D eigenvalue weighted by molar-refractivity contribution is 0.437. The van der Waals surface area contributed by atoms with Gasteiger partial charge in [-0.2, -0.15) is 0 Å². The quantitative estimate of drug-likeness (QED) is 0.604. The molecule has 20 heavy (non-hydrogen) atoms. The second-order valence-electron chi connectivity index (χ2n) is 4.74. The predicted octanol–water partition coefficient (Wildman–Crippen LogP) is 2.75. The monoisotopic (exact) mass is 288 g/mol. The van der Waals surface area contributed by atoms with Crippen molar-refractivity contribution in [3.63, 3.8) is 0 Å². The van der Waals surface area contributed by atoms with Gasteiger partial charge in [-0.15, -0.1) is 11.8 Å². The molecule has 0 spiro atoms. The third-order valence-corrected chi connectivity index (χ3v) is 3.69. The molecule has 0 aliphatic rings. The van der Waals surface area contributed by atoms with E-state index in [1.54, 1.807) is 18.0 Å². The van der Waals surface area contributed by atoms with Gasteiger partial charge in [0, 0.05) is 24.2 Å². The van der Waals surface area contributed by atoms with Crippen LogP contribution in [0.1, 0.15) is 12.6 Å². The van der Waals surface area contributed by atoms with E-state index in [2.05, 4.69) is 46.9 Å². The molecule has 0 saturated heterocycles. The van der Waals surface area contributed by atoms with Crippen molar-refractivity contribution < 1.29 is 0 Å². The molecule has 106 valence electrons. The SMILES string of the molecule is CCc1cc(SCCN(C)C)nc(-c2ccccn2)n1. The van der Waals surface area contributed by atoms with E-state index in [0.717, 1.165) is 41.0 Å². The molecule has 2 aromatic rings. The van der Waals surface area contributed by atoms with Gasteiger partial charge in [0.25, 0.3) is 0 Å². The number of aryl methyl sites for hydroxylation is 1. The van der Waals surface area contributed by atoms with E-state index in [-0.39, 0.29) is 0 Å². The lowest BCUT2D eigenvalue weighted by Gasteiger charge is -2.09. The lowest BCUT2D eigenvalue weighted by atomic mass is 10.3. The lowest BCUT2D eigenvalue weighted by Crippen LogP contribution is -2.14. The molecule has 0 fully saturated rings. The molecule has 0 aromatic carbocycles. The first-order valence-corrected chi connectivity index (χ1v) is 7.74. The Labute approximate surface area is 124 Å². The summed E-state index contributed by atoms with van der Waals surface area (Å²) in [5.41, 5.74) is 1.89. The van der Waals surface area contributed by atoms with Crippen molar-refractivity contribution in [2.45, 2.75) is 18.4 Å². The highest BCUT2D eigenvalue weighted by molar-refractivity contribution is 7.99. The zero-order valence-corrected chi connectivity index (χ0v) is 13.0. The van der Waals surface area contributed by atoms with Gasteiger partial charge in [-0.1, -0.05) is 13.0 Å². The largest absolute Gasteiger partial charge is 0.309 e. The molecule has 0 saturated carbocycles. The summed E-state index contributed by atoms with van der Waals surface area (Å²) in [7, 11) is 4.16. The maximum Gasteiger partial charge on any atom is 0.179 e. The van der Waals surface area contributed by atoms with Crippen LogP contribution in [0, 0.1) is 0 Å². The highest BCUT2D eigenvalue weighted by Crippen LogP contribution is 2.20. The van der Waals surface area contributed by atoms with Crippen molar-refractivity contribution in [2.75, 3.05) is 26.4 Å². The third kappa shape index (κ3) is 4.28. The maximum atomic E-state index is 4.62. The van der Waals surface area contributed by atoms with Gasteiger partial charge in [0.2, 0.25) is 0 Å². The number of hydrogen-bond donors (Lipinski definition) is 0. The van der Waals surface area contributed by atoms with Crippen LogP contribution in [0.3, 0.4) is 0 Å². The fourth-order valence-electron chi connectivity index (χ4n) is 1.67. The Kier molecular flexibility index (Phi) is 5.49. The Morgan fingerprint density at radius 1 is 1.20 bits per heavy atom. The van der Waals surface area contributed by atoms with Crippen LogP contribution in [-0.2, 0) is 6.42 Å².